The third-order valence-corrected chi connectivity index (χ3v) is 5.49. The van der Waals surface area contributed by atoms with Crippen LogP contribution in [0.2, 0.25) is 0 Å². The van der Waals surface area contributed by atoms with E-state index >= 15 is 0 Å². The molecule has 0 radical (unpaired) electrons. The molecule has 0 saturated heterocycles. The Morgan fingerprint density at radius 1 is 0.846 bits per heavy atom. The highest BCUT2D eigenvalue weighted by Crippen LogP contribution is 2.19. The zero-order chi connectivity index (χ0) is 19.2. The van der Waals surface area contributed by atoms with Gasteiger partial charge in [-0.15, -0.1) is 0 Å². The van der Waals surface area contributed by atoms with Crippen LogP contribution in [0.25, 0.3) is 0 Å². The summed E-state index contributed by atoms with van der Waals surface area (Å²) in [4.78, 5) is 15.2. The van der Waals surface area contributed by atoms with Gasteiger partial charge in [0.05, 0.1) is 0 Å². The maximum Gasteiger partial charge on any atom is 0.288 e. The van der Waals surface area contributed by atoms with Crippen LogP contribution in [0.15, 0.2) is 30.6 Å². The number of amides is 1. The Bertz CT molecular complexity index is 456. The largest absolute Gasteiger partial charge is 0.337 e. The highest BCUT2D eigenvalue weighted by Gasteiger charge is 2.23. The third-order valence-electron chi connectivity index (χ3n) is 5.49. The van der Waals surface area contributed by atoms with Crippen molar-refractivity contribution in [1.82, 2.24) is 4.90 Å². The van der Waals surface area contributed by atoms with Gasteiger partial charge in [-0.25, -0.2) is 0 Å². The summed E-state index contributed by atoms with van der Waals surface area (Å²) in [7, 11) is 0. The normalized spacial score (nSPS) is 13.4. The van der Waals surface area contributed by atoms with Crippen molar-refractivity contribution < 1.29 is 9.36 Å². The predicted molar refractivity (Wildman–Crippen MR) is 110 cm³/mol. The molecule has 0 fully saturated rings. The number of nitrogens with zero attached hydrogens (tertiary/aromatic N) is 2. The minimum atomic E-state index is 0.270. The second-order valence-corrected chi connectivity index (χ2v) is 7.68. The van der Waals surface area contributed by atoms with E-state index in [9.17, 15) is 4.79 Å². The lowest BCUT2D eigenvalue weighted by Gasteiger charge is -2.30. The molecule has 3 heteroatoms. The van der Waals surface area contributed by atoms with Crippen molar-refractivity contribution in [2.75, 3.05) is 13.1 Å². The first-order valence-corrected chi connectivity index (χ1v) is 10.9. The van der Waals surface area contributed by atoms with Gasteiger partial charge in [-0.1, -0.05) is 72.3 Å². The van der Waals surface area contributed by atoms with E-state index in [1.165, 1.54) is 38.5 Å². The zero-order valence-corrected chi connectivity index (χ0v) is 17.6. The molecule has 2 unspecified atom stereocenters. The van der Waals surface area contributed by atoms with E-state index < -0.39 is 0 Å². The molecule has 1 rings (SSSR count). The van der Waals surface area contributed by atoms with Crippen LogP contribution in [0, 0.1) is 11.8 Å². The number of aromatic nitrogens is 1. The van der Waals surface area contributed by atoms with Crippen molar-refractivity contribution in [2.24, 2.45) is 11.8 Å². The summed E-state index contributed by atoms with van der Waals surface area (Å²) in [5.74, 6) is 1.53. The Balaban J connectivity index is 2.79. The molecule has 1 aromatic heterocycles. The van der Waals surface area contributed by atoms with Crippen LogP contribution in [0.4, 0.5) is 0 Å². The molecule has 1 amide bonds. The second kappa shape index (κ2) is 13.8. The number of hydrogen-bond acceptors (Lipinski definition) is 1. The average molecular weight is 362 g/mol. The van der Waals surface area contributed by atoms with E-state index in [4.69, 9.17) is 0 Å². The number of pyridine rings is 1. The molecule has 1 heterocycles. The van der Waals surface area contributed by atoms with E-state index in [2.05, 4.69) is 32.6 Å². The molecular weight excluding hydrogens is 320 g/mol. The monoisotopic (exact) mass is 361 g/mol. The highest BCUT2D eigenvalue weighted by atomic mass is 16.2. The van der Waals surface area contributed by atoms with Crippen LogP contribution < -0.4 is 4.57 Å². The van der Waals surface area contributed by atoms with Crippen LogP contribution in [-0.4, -0.2) is 23.9 Å². The molecule has 0 aliphatic rings. The fourth-order valence-corrected chi connectivity index (χ4v) is 3.53. The Hall–Kier alpha value is -1.38. The van der Waals surface area contributed by atoms with Gasteiger partial charge in [-0.2, -0.15) is 4.57 Å². The third kappa shape index (κ3) is 8.82. The van der Waals surface area contributed by atoms with E-state index in [-0.39, 0.29) is 5.91 Å². The van der Waals surface area contributed by atoms with E-state index in [0.29, 0.717) is 18.4 Å². The second-order valence-electron chi connectivity index (χ2n) is 7.68. The van der Waals surface area contributed by atoms with Crippen molar-refractivity contribution in [3.8, 4) is 0 Å². The van der Waals surface area contributed by atoms with Crippen LogP contribution in [0.5, 0.6) is 0 Å². The van der Waals surface area contributed by atoms with Gasteiger partial charge in [0.2, 0.25) is 6.54 Å². The summed E-state index contributed by atoms with van der Waals surface area (Å²) in [6.45, 7) is 11.3. The predicted octanol–water partition coefficient (Wildman–Crippen LogP) is 5.24. The molecule has 0 spiro atoms. The standard InChI is InChI=1S/C23H41N2O/c1-5-9-14-21(7-3)18-25(19-22(8-4)15-10-6-2)23(26)20-24-16-12-11-13-17-24/h11-13,16-17,21-22H,5-10,14-15,18-20H2,1-4H3/q+1. The lowest BCUT2D eigenvalue weighted by Crippen LogP contribution is -2.47. The summed E-state index contributed by atoms with van der Waals surface area (Å²) in [6, 6.07) is 5.97. The first-order valence-electron chi connectivity index (χ1n) is 10.9. The Morgan fingerprint density at radius 2 is 1.35 bits per heavy atom. The number of carbonyl (C=O) groups is 1. The minimum absolute atomic E-state index is 0.270. The van der Waals surface area contributed by atoms with Gasteiger partial charge in [-0.05, 0) is 24.7 Å². The first kappa shape index (κ1) is 22.7. The van der Waals surface area contributed by atoms with Gasteiger partial charge in [0, 0.05) is 25.2 Å². The fraction of sp³-hybridized carbons (Fsp3) is 0.739. The topological polar surface area (TPSA) is 24.2 Å². The minimum Gasteiger partial charge on any atom is -0.337 e. The highest BCUT2D eigenvalue weighted by molar-refractivity contribution is 5.74. The average Bonchev–Trinajstić information content (AvgIpc) is 2.67. The van der Waals surface area contributed by atoms with Gasteiger partial charge in [0.25, 0.3) is 5.91 Å². The van der Waals surface area contributed by atoms with Gasteiger partial charge >= 0.3 is 0 Å². The first-order chi connectivity index (χ1) is 12.6. The van der Waals surface area contributed by atoms with Crippen LogP contribution >= 0.6 is 0 Å². The molecule has 0 aliphatic heterocycles. The Kier molecular flexibility index (Phi) is 12.0. The summed E-state index contributed by atoms with van der Waals surface area (Å²) >= 11 is 0. The molecular formula is C23H41N2O+. The van der Waals surface area contributed by atoms with Crippen molar-refractivity contribution in [2.45, 2.75) is 85.6 Å². The van der Waals surface area contributed by atoms with Gasteiger partial charge in [0.1, 0.15) is 0 Å². The molecule has 1 aromatic rings. The maximum absolute atomic E-state index is 13.1. The zero-order valence-electron chi connectivity index (χ0n) is 17.6. The summed E-state index contributed by atoms with van der Waals surface area (Å²) in [6.07, 6.45) is 13.8. The summed E-state index contributed by atoms with van der Waals surface area (Å²) < 4.78 is 2.00. The van der Waals surface area contributed by atoms with E-state index in [0.717, 1.165) is 25.9 Å². The SMILES string of the molecule is CCCCC(CC)CN(CC(CC)CCCC)C(=O)C[n+]1ccccc1. The van der Waals surface area contributed by atoms with Crippen molar-refractivity contribution >= 4 is 5.91 Å². The number of unbranched alkanes of at least 4 members (excludes halogenated alkanes) is 2. The number of hydrogen-bond donors (Lipinski definition) is 0. The van der Waals surface area contributed by atoms with Crippen LogP contribution in [0.1, 0.15) is 79.1 Å². The smallest absolute Gasteiger partial charge is 0.288 e. The maximum atomic E-state index is 13.1. The van der Waals surface area contributed by atoms with Gasteiger partial charge < -0.3 is 4.90 Å². The number of carbonyl (C=O) groups excluding carboxylic acids is 1. The van der Waals surface area contributed by atoms with E-state index in [1.807, 2.05) is 35.2 Å². The molecule has 0 N–H and O–H groups in total. The van der Waals surface area contributed by atoms with Gasteiger partial charge in [0.15, 0.2) is 12.4 Å². The van der Waals surface area contributed by atoms with Crippen LogP contribution in [-0.2, 0) is 11.3 Å². The Labute approximate surface area is 161 Å². The van der Waals surface area contributed by atoms with Crippen molar-refractivity contribution in [3.05, 3.63) is 30.6 Å². The molecule has 0 aliphatic carbocycles. The number of rotatable bonds is 14. The quantitative estimate of drug-likeness (QED) is 0.416. The lowest BCUT2D eigenvalue weighted by atomic mass is 9.95. The van der Waals surface area contributed by atoms with Crippen molar-refractivity contribution in [3.63, 3.8) is 0 Å². The lowest BCUT2D eigenvalue weighted by molar-refractivity contribution is -0.685. The molecule has 26 heavy (non-hydrogen) atoms. The summed E-state index contributed by atoms with van der Waals surface area (Å²) in [5.41, 5.74) is 0. The molecule has 0 aromatic carbocycles. The molecule has 3 nitrogen and oxygen atoms in total. The molecule has 2 atom stereocenters. The Morgan fingerprint density at radius 3 is 1.77 bits per heavy atom. The van der Waals surface area contributed by atoms with Gasteiger partial charge in [-0.3, -0.25) is 4.79 Å². The molecule has 0 bridgehead atoms. The van der Waals surface area contributed by atoms with Crippen molar-refractivity contribution in [1.29, 1.82) is 0 Å². The van der Waals surface area contributed by atoms with Crippen LogP contribution in [0.3, 0.4) is 0 Å². The molecule has 148 valence electrons. The molecule has 0 saturated carbocycles. The summed E-state index contributed by atoms with van der Waals surface area (Å²) in [5, 5.41) is 0. The fourth-order valence-electron chi connectivity index (χ4n) is 3.53. The van der Waals surface area contributed by atoms with E-state index in [1.54, 1.807) is 0 Å².